The smallest absolute Gasteiger partial charge is 0.204 e. The van der Waals surface area contributed by atoms with Crippen LogP contribution in [0.1, 0.15) is 18.7 Å². The van der Waals surface area contributed by atoms with Gasteiger partial charge in [-0.3, -0.25) is 9.67 Å². The van der Waals surface area contributed by atoms with Gasteiger partial charge in [0.25, 0.3) is 0 Å². The van der Waals surface area contributed by atoms with Crippen molar-refractivity contribution in [2.45, 2.75) is 13.0 Å². The fourth-order valence-electron chi connectivity index (χ4n) is 2.11. The first kappa shape index (κ1) is 11.7. The van der Waals surface area contributed by atoms with E-state index in [-0.39, 0.29) is 6.04 Å². The van der Waals surface area contributed by atoms with Gasteiger partial charge in [0.15, 0.2) is 0 Å². The van der Waals surface area contributed by atoms with Crippen LogP contribution in [0.5, 0.6) is 0 Å². The van der Waals surface area contributed by atoms with E-state index < -0.39 is 0 Å². The van der Waals surface area contributed by atoms with Crippen molar-refractivity contribution in [1.82, 2.24) is 24.3 Å². The number of nitrogens with one attached hydrogen (secondary N) is 1. The van der Waals surface area contributed by atoms with Crippen LogP contribution in [0.15, 0.2) is 30.7 Å². The molecule has 0 aliphatic rings. The molecule has 0 aromatic carbocycles. The zero-order valence-electron chi connectivity index (χ0n) is 11.2. The highest BCUT2D eigenvalue weighted by Gasteiger charge is 2.13. The van der Waals surface area contributed by atoms with E-state index in [1.165, 1.54) is 0 Å². The van der Waals surface area contributed by atoms with E-state index in [4.69, 9.17) is 0 Å². The molecule has 19 heavy (non-hydrogen) atoms. The van der Waals surface area contributed by atoms with E-state index in [0.717, 1.165) is 22.7 Å². The van der Waals surface area contributed by atoms with Crippen LogP contribution in [-0.4, -0.2) is 24.3 Å². The maximum absolute atomic E-state index is 4.54. The molecule has 0 spiro atoms. The van der Waals surface area contributed by atoms with Crippen molar-refractivity contribution in [3.63, 3.8) is 0 Å². The topological polar surface area (TPSA) is 60.6 Å². The molecule has 3 aromatic rings. The van der Waals surface area contributed by atoms with Crippen LogP contribution < -0.4 is 5.32 Å². The van der Waals surface area contributed by atoms with Crippen molar-refractivity contribution in [3.8, 4) is 0 Å². The minimum absolute atomic E-state index is 0.102. The molecule has 6 nitrogen and oxygen atoms in total. The van der Waals surface area contributed by atoms with Gasteiger partial charge in [0, 0.05) is 26.5 Å². The van der Waals surface area contributed by atoms with E-state index >= 15 is 0 Å². The number of pyridine rings is 1. The summed E-state index contributed by atoms with van der Waals surface area (Å²) >= 11 is 0. The standard InChI is InChI=1S/C13H16N6/c1-9(10-5-7-18(2)17-10)15-13-16-11-8-14-6-4-12(11)19(13)3/h4-9H,1-3H3,(H,15,16). The molecular formula is C13H16N6. The molecule has 3 rings (SSSR count). The quantitative estimate of drug-likeness (QED) is 0.777. The Kier molecular flexibility index (Phi) is 2.70. The summed E-state index contributed by atoms with van der Waals surface area (Å²) in [5.74, 6) is 0.821. The molecule has 0 saturated heterocycles. The summed E-state index contributed by atoms with van der Waals surface area (Å²) in [6.07, 6.45) is 5.48. The first-order valence-electron chi connectivity index (χ1n) is 6.17. The lowest BCUT2D eigenvalue weighted by atomic mass is 10.2. The van der Waals surface area contributed by atoms with Crippen LogP contribution in [0.4, 0.5) is 5.95 Å². The van der Waals surface area contributed by atoms with Gasteiger partial charge in [0.05, 0.1) is 23.4 Å². The molecule has 0 radical (unpaired) electrons. The normalized spacial score (nSPS) is 12.8. The number of hydrogen-bond acceptors (Lipinski definition) is 4. The molecule has 1 atom stereocenters. The summed E-state index contributed by atoms with van der Waals surface area (Å²) in [4.78, 5) is 8.63. The maximum atomic E-state index is 4.54. The number of anilines is 1. The fourth-order valence-corrected chi connectivity index (χ4v) is 2.11. The van der Waals surface area contributed by atoms with Crippen molar-refractivity contribution < 1.29 is 0 Å². The molecule has 3 aromatic heterocycles. The summed E-state index contributed by atoms with van der Waals surface area (Å²) in [5, 5.41) is 7.77. The van der Waals surface area contributed by atoms with Gasteiger partial charge in [-0.1, -0.05) is 0 Å². The number of fused-ring (bicyclic) bond motifs is 1. The summed E-state index contributed by atoms with van der Waals surface area (Å²) in [7, 11) is 3.90. The summed E-state index contributed by atoms with van der Waals surface area (Å²) in [5.41, 5.74) is 2.94. The lowest BCUT2D eigenvalue weighted by Gasteiger charge is -2.12. The lowest BCUT2D eigenvalue weighted by Crippen LogP contribution is -2.11. The second-order valence-electron chi connectivity index (χ2n) is 4.64. The third-order valence-electron chi connectivity index (χ3n) is 3.21. The maximum Gasteiger partial charge on any atom is 0.204 e. The number of aryl methyl sites for hydroxylation is 2. The SMILES string of the molecule is CC(Nc1nc2cnccc2n1C)c1ccn(C)n1. The van der Waals surface area contributed by atoms with Crippen molar-refractivity contribution in [2.24, 2.45) is 14.1 Å². The minimum atomic E-state index is 0.102. The van der Waals surface area contributed by atoms with E-state index in [1.54, 1.807) is 17.1 Å². The Bertz CT molecular complexity index is 711. The second kappa shape index (κ2) is 4.38. The molecule has 1 N–H and O–H groups in total. The van der Waals surface area contributed by atoms with Crippen molar-refractivity contribution in [3.05, 3.63) is 36.4 Å². The average molecular weight is 256 g/mol. The Balaban J connectivity index is 1.91. The summed E-state index contributed by atoms with van der Waals surface area (Å²) in [6, 6.07) is 4.06. The molecule has 1 unspecified atom stereocenters. The van der Waals surface area contributed by atoms with E-state index in [9.17, 15) is 0 Å². The third kappa shape index (κ3) is 2.05. The van der Waals surface area contributed by atoms with Crippen LogP contribution in [0.25, 0.3) is 11.0 Å². The molecule has 98 valence electrons. The highest BCUT2D eigenvalue weighted by molar-refractivity contribution is 5.77. The molecule has 0 aliphatic carbocycles. The van der Waals surface area contributed by atoms with Gasteiger partial charge in [-0.05, 0) is 19.1 Å². The van der Waals surface area contributed by atoms with E-state index in [2.05, 4.69) is 27.3 Å². The van der Waals surface area contributed by atoms with Crippen molar-refractivity contribution >= 4 is 17.0 Å². The molecule has 0 aliphatic heterocycles. The number of hydrogen-bond donors (Lipinski definition) is 1. The van der Waals surface area contributed by atoms with Crippen LogP contribution in [0.2, 0.25) is 0 Å². The molecule has 0 bridgehead atoms. The van der Waals surface area contributed by atoms with Gasteiger partial charge in [-0.2, -0.15) is 5.10 Å². The van der Waals surface area contributed by atoms with Gasteiger partial charge in [-0.25, -0.2) is 4.98 Å². The summed E-state index contributed by atoms with van der Waals surface area (Å²) in [6.45, 7) is 2.07. The predicted molar refractivity (Wildman–Crippen MR) is 73.8 cm³/mol. The fraction of sp³-hybridized carbons (Fsp3) is 0.308. The van der Waals surface area contributed by atoms with Crippen LogP contribution in [0, 0.1) is 0 Å². The van der Waals surface area contributed by atoms with Crippen LogP contribution >= 0.6 is 0 Å². The number of aromatic nitrogens is 5. The largest absolute Gasteiger partial charge is 0.347 e. The minimum Gasteiger partial charge on any atom is -0.347 e. The predicted octanol–water partition coefficient (Wildman–Crippen LogP) is 1.87. The Morgan fingerprint density at radius 1 is 1.26 bits per heavy atom. The van der Waals surface area contributed by atoms with E-state index in [0.29, 0.717) is 0 Å². The van der Waals surface area contributed by atoms with Crippen LogP contribution in [0.3, 0.4) is 0 Å². The summed E-state index contributed by atoms with van der Waals surface area (Å²) < 4.78 is 3.82. The van der Waals surface area contributed by atoms with Crippen molar-refractivity contribution in [2.75, 3.05) is 5.32 Å². The zero-order chi connectivity index (χ0) is 13.4. The van der Waals surface area contributed by atoms with Crippen molar-refractivity contribution in [1.29, 1.82) is 0 Å². The van der Waals surface area contributed by atoms with Crippen LogP contribution in [-0.2, 0) is 14.1 Å². The van der Waals surface area contributed by atoms with Gasteiger partial charge in [-0.15, -0.1) is 0 Å². The number of nitrogens with zero attached hydrogens (tertiary/aromatic N) is 5. The Morgan fingerprint density at radius 2 is 2.11 bits per heavy atom. The molecule has 3 heterocycles. The Hall–Kier alpha value is -2.37. The lowest BCUT2D eigenvalue weighted by molar-refractivity contribution is 0.712. The molecule has 6 heteroatoms. The number of imidazole rings is 1. The zero-order valence-corrected chi connectivity index (χ0v) is 11.2. The third-order valence-corrected chi connectivity index (χ3v) is 3.21. The Morgan fingerprint density at radius 3 is 2.79 bits per heavy atom. The first-order valence-corrected chi connectivity index (χ1v) is 6.17. The number of rotatable bonds is 3. The monoisotopic (exact) mass is 256 g/mol. The van der Waals surface area contributed by atoms with E-state index in [1.807, 2.05) is 37.0 Å². The highest BCUT2D eigenvalue weighted by atomic mass is 15.3. The Labute approximate surface area is 111 Å². The average Bonchev–Trinajstić information content (AvgIpc) is 2.96. The van der Waals surface area contributed by atoms with Gasteiger partial charge < -0.3 is 9.88 Å². The van der Waals surface area contributed by atoms with Gasteiger partial charge in [0.1, 0.15) is 5.52 Å². The molecule has 0 saturated carbocycles. The van der Waals surface area contributed by atoms with Gasteiger partial charge in [0.2, 0.25) is 5.95 Å². The highest BCUT2D eigenvalue weighted by Crippen LogP contribution is 2.21. The first-order chi connectivity index (χ1) is 9.15. The molecular weight excluding hydrogens is 240 g/mol. The van der Waals surface area contributed by atoms with Gasteiger partial charge >= 0.3 is 0 Å². The molecule has 0 fully saturated rings. The second-order valence-corrected chi connectivity index (χ2v) is 4.64. The molecule has 0 amide bonds.